The molecule has 0 amide bonds. The molecule has 0 saturated carbocycles. The summed E-state index contributed by atoms with van der Waals surface area (Å²) in [6.45, 7) is 5.08. The average Bonchev–Trinajstić information content (AvgIpc) is 3.02. The van der Waals surface area contributed by atoms with E-state index in [1.54, 1.807) is 17.5 Å². The monoisotopic (exact) mass is 300 g/mol. The molecule has 0 aliphatic carbocycles. The number of fused-ring (bicyclic) bond motifs is 1. The van der Waals surface area contributed by atoms with Crippen LogP contribution >= 0.6 is 11.3 Å². The fraction of sp³-hybridized carbons (Fsp3) is 0.250. The first-order chi connectivity index (χ1) is 10.3. The topological polar surface area (TPSA) is 44.2 Å². The number of nitrogens with zero attached hydrogens (tertiary/aromatic N) is 2. The van der Waals surface area contributed by atoms with Gasteiger partial charge in [-0.15, -0.1) is 0 Å². The van der Waals surface area contributed by atoms with E-state index in [4.69, 9.17) is 9.47 Å². The Kier molecular flexibility index (Phi) is 4.01. The quantitative estimate of drug-likeness (QED) is 0.710. The predicted octanol–water partition coefficient (Wildman–Crippen LogP) is 4.16. The SMILES string of the molecule is CCOc1cc2ncc(-c3ccsc3)nc2cc1OCC. The van der Waals surface area contributed by atoms with Crippen LogP contribution in [-0.2, 0) is 0 Å². The van der Waals surface area contributed by atoms with E-state index in [0.717, 1.165) is 22.3 Å². The van der Waals surface area contributed by atoms with Gasteiger partial charge in [-0.1, -0.05) is 0 Å². The lowest BCUT2D eigenvalue weighted by atomic mass is 10.2. The van der Waals surface area contributed by atoms with E-state index in [1.165, 1.54) is 0 Å². The molecule has 0 bridgehead atoms. The lowest BCUT2D eigenvalue weighted by Gasteiger charge is -2.11. The van der Waals surface area contributed by atoms with Crippen molar-refractivity contribution in [3.63, 3.8) is 0 Å². The van der Waals surface area contributed by atoms with Gasteiger partial charge in [0.2, 0.25) is 0 Å². The Morgan fingerprint density at radius 1 is 1.05 bits per heavy atom. The summed E-state index contributed by atoms with van der Waals surface area (Å²) < 4.78 is 11.2. The number of hydrogen-bond acceptors (Lipinski definition) is 5. The van der Waals surface area contributed by atoms with Crippen LogP contribution in [0, 0.1) is 0 Å². The molecule has 108 valence electrons. The number of thiophene rings is 1. The zero-order valence-electron chi connectivity index (χ0n) is 12.0. The standard InChI is InChI=1S/C16H16N2O2S/c1-3-19-15-7-12-13(8-16(15)20-4-2)18-14(9-17-12)11-5-6-21-10-11/h5-10H,3-4H2,1-2H3. The molecule has 0 saturated heterocycles. The molecule has 0 spiro atoms. The first-order valence-electron chi connectivity index (χ1n) is 6.90. The molecule has 0 fully saturated rings. The van der Waals surface area contributed by atoms with Crippen LogP contribution in [0.1, 0.15) is 13.8 Å². The van der Waals surface area contributed by atoms with Gasteiger partial charge in [0.05, 0.1) is 36.1 Å². The third-order valence-electron chi connectivity index (χ3n) is 3.02. The Bertz CT molecular complexity index is 741. The highest BCUT2D eigenvalue weighted by Crippen LogP contribution is 2.32. The van der Waals surface area contributed by atoms with Gasteiger partial charge in [-0.05, 0) is 25.3 Å². The van der Waals surface area contributed by atoms with Gasteiger partial charge in [-0.25, -0.2) is 4.98 Å². The summed E-state index contributed by atoms with van der Waals surface area (Å²) in [5.74, 6) is 1.42. The summed E-state index contributed by atoms with van der Waals surface area (Å²) in [6, 6.07) is 5.82. The Balaban J connectivity index is 2.10. The van der Waals surface area contributed by atoms with Crippen LogP contribution in [-0.4, -0.2) is 23.2 Å². The maximum Gasteiger partial charge on any atom is 0.163 e. The van der Waals surface area contributed by atoms with Crippen LogP contribution < -0.4 is 9.47 Å². The van der Waals surface area contributed by atoms with E-state index >= 15 is 0 Å². The zero-order chi connectivity index (χ0) is 14.7. The minimum atomic E-state index is 0.587. The molecule has 0 aliphatic rings. The molecular formula is C16H16N2O2S. The number of hydrogen-bond donors (Lipinski definition) is 0. The molecule has 0 atom stereocenters. The molecule has 5 heteroatoms. The molecule has 3 rings (SSSR count). The van der Waals surface area contributed by atoms with Crippen molar-refractivity contribution in [2.45, 2.75) is 13.8 Å². The molecule has 1 aromatic carbocycles. The molecule has 0 radical (unpaired) electrons. The molecule has 2 aromatic heterocycles. The molecular weight excluding hydrogens is 284 g/mol. The first kappa shape index (κ1) is 13.8. The maximum absolute atomic E-state index is 5.64. The molecule has 0 unspecified atom stereocenters. The van der Waals surface area contributed by atoms with Crippen LogP contribution in [0.2, 0.25) is 0 Å². The van der Waals surface area contributed by atoms with Crippen LogP contribution in [0.5, 0.6) is 11.5 Å². The Morgan fingerprint density at radius 2 is 1.76 bits per heavy atom. The predicted molar refractivity (Wildman–Crippen MR) is 85.2 cm³/mol. The third kappa shape index (κ3) is 2.83. The Hall–Kier alpha value is -2.14. The van der Waals surface area contributed by atoms with Crippen molar-refractivity contribution in [3.8, 4) is 22.8 Å². The fourth-order valence-corrected chi connectivity index (χ4v) is 2.76. The molecule has 2 heterocycles. The van der Waals surface area contributed by atoms with Crippen molar-refractivity contribution < 1.29 is 9.47 Å². The third-order valence-corrected chi connectivity index (χ3v) is 3.71. The van der Waals surface area contributed by atoms with Gasteiger partial charge in [-0.2, -0.15) is 11.3 Å². The van der Waals surface area contributed by atoms with Gasteiger partial charge >= 0.3 is 0 Å². The van der Waals surface area contributed by atoms with E-state index in [0.29, 0.717) is 24.7 Å². The number of benzene rings is 1. The van der Waals surface area contributed by atoms with Gasteiger partial charge in [0.25, 0.3) is 0 Å². The maximum atomic E-state index is 5.64. The molecule has 4 nitrogen and oxygen atoms in total. The summed E-state index contributed by atoms with van der Waals surface area (Å²) in [5, 5.41) is 4.10. The van der Waals surface area contributed by atoms with Gasteiger partial charge in [0.15, 0.2) is 11.5 Å². The lowest BCUT2D eigenvalue weighted by Crippen LogP contribution is -1.99. The normalized spacial score (nSPS) is 10.8. The summed E-state index contributed by atoms with van der Waals surface area (Å²) in [6.07, 6.45) is 1.79. The van der Waals surface area contributed by atoms with Gasteiger partial charge in [0, 0.05) is 23.1 Å². The highest BCUT2D eigenvalue weighted by Gasteiger charge is 2.10. The molecule has 21 heavy (non-hydrogen) atoms. The summed E-state index contributed by atoms with van der Waals surface area (Å²) >= 11 is 1.65. The van der Waals surface area contributed by atoms with E-state index in [-0.39, 0.29) is 0 Å². The second-order valence-electron chi connectivity index (χ2n) is 4.42. The Labute approximate surface area is 127 Å². The molecule has 0 aliphatic heterocycles. The van der Waals surface area contributed by atoms with E-state index in [2.05, 4.69) is 15.3 Å². The second kappa shape index (κ2) is 6.10. The van der Waals surface area contributed by atoms with Gasteiger partial charge < -0.3 is 9.47 Å². The second-order valence-corrected chi connectivity index (χ2v) is 5.20. The summed E-state index contributed by atoms with van der Waals surface area (Å²) in [7, 11) is 0. The van der Waals surface area contributed by atoms with E-state index in [9.17, 15) is 0 Å². The number of ether oxygens (including phenoxy) is 2. The van der Waals surface area contributed by atoms with Crippen molar-refractivity contribution in [2.24, 2.45) is 0 Å². The number of rotatable bonds is 5. The largest absolute Gasteiger partial charge is 0.490 e. The average molecular weight is 300 g/mol. The Morgan fingerprint density at radius 3 is 2.38 bits per heavy atom. The van der Waals surface area contributed by atoms with Gasteiger partial charge in [-0.3, -0.25) is 4.98 Å². The number of aromatic nitrogens is 2. The van der Waals surface area contributed by atoms with Crippen molar-refractivity contribution in [2.75, 3.05) is 13.2 Å². The van der Waals surface area contributed by atoms with E-state index < -0.39 is 0 Å². The highest BCUT2D eigenvalue weighted by molar-refractivity contribution is 7.08. The van der Waals surface area contributed by atoms with Crippen molar-refractivity contribution in [1.29, 1.82) is 0 Å². The zero-order valence-corrected chi connectivity index (χ0v) is 12.8. The van der Waals surface area contributed by atoms with Crippen molar-refractivity contribution in [3.05, 3.63) is 35.2 Å². The van der Waals surface area contributed by atoms with Crippen molar-refractivity contribution in [1.82, 2.24) is 9.97 Å². The van der Waals surface area contributed by atoms with Crippen LogP contribution in [0.25, 0.3) is 22.3 Å². The molecule has 0 N–H and O–H groups in total. The highest BCUT2D eigenvalue weighted by atomic mass is 32.1. The minimum Gasteiger partial charge on any atom is -0.490 e. The van der Waals surface area contributed by atoms with Crippen LogP contribution in [0.3, 0.4) is 0 Å². The van der Waals surface area contributed by atoms with Crippen LogP contribution in [0.4, 0.5) is 0 Å². The smallest absolute Gasteiger partial charge is 0.163 e. The van der Waals surface area contributed by atoms with E-state index in [1.807, 2.05) is 37.4 Å². The summed E-state index contributed by atoms with van der Waals surface area (Å²) in [4.78, 5) is 9.16. The summed E-state index contributed by atoms with van der Waals surface area (Å²) in [5.41, 5.74) is 3.57. The first-order valence-corrected chi connectivity index (χ1v) is 7.85. The fourth-order valence-electron chi connectivity index (χ4n) is 2.11. The van der Waals surface area contributed by atoms with Crippen molar-refractivity contribution >= 4 is 22.4 Å². The molecule has 3 aromatic rings. The van der Waals surface area contributed by atoms with Gasteiger partial charge in [0.1, 0.15) is 0 Å². The van der Waals surface area contributed by atoms with Crippen LogP contribution in [0.15, 0.2) is 35.2 Å². The minimum absolute atomic E-state index is 0.587. The lowest BCUT2D eigenvalue weighted by molar-refractivity contribution is 0.288.